The van der Waals surface area contributed by atoms with Crippen LogP contribution in [0.25, 0.3) is 0 Å². The lowest BCUT2D eigenvalue weighted by Crippen LogP contribution is -2.60. The number of amides is 1. The minimum absolute atomic E-state index is 0.122. The highest BCUT2D eigenvalue weighted by Crippen LogP contribution is 2.55. The molecule has 1 aromatic carbocycles. The standard InChI is InChI=1S/C20H27NO2/c1-2-23-18-5-3-14(4-6-18)10-19(22)21-20-11-15-7-16(12-20)9-17(8-15)13-20/h3-6,15-17H,2,7-13H2,1H3,(H,21,22). The van der Waals surface area contributed by atoms with Crippen LogP contribution >= 0.6 is 0 Å². The molecular weight excluding hydrogens is 286 g/mol. The van der Waals surface area contributed by atoms with Crippen molar-refractivity contribution in [3.05, 3.63) is 29.8 Å². The van der Waals surface area contributed by atoms with Crippen molar-refractivity contribution in [2.24, 2.45) is 17.8 Å². The molecule has 0 aliphatic heterocycles. The molecule has 0 spiro atoms. The predicted molar refractivity (Wildman–Crippen MR) is 90.4 cm³/mol. The van der Waals surface area contributed by atoms with E-state index in [-0.39, 0.29) is 11.4 Å². The molecule has 0 saturated heterocycles. The smallest absolute Gasteiger partial charge is 0.224 e. The summed E-state index contributed by atoms with van der Waals surface area (Å²) in [7, 11) is 0. The third kappa shape index (κ3) is 3.11. The van der Waals surface area contributed by atoms with Crippen LogP contribution in [0.4, 0.5) is 0 Å². The van der Waals surface area contributed by atoms with Gasteiger partial charge in [-0.1, -0.05) is 12.1 Å². The van der Waals surface area contributed by atoms with Gasteiger partial charge in [0.15, 0.2) is 0 Å². The Kier molecular flexibility index (Phi) is 3.82. The zero-order valence-corrected chi connectivity index (χ0v) is 14.0. The highest BCUT2D eigenvalue weighted by molar-refractivity contribution is 5.79. The van der Waals surface area contributed by atoms with Crippen molar-refractivity contribution in [3.8, 4) is 5.75 Å². The molecular formula is C20H27NO2. The highest BCUT2D eigenvalue weighted by atomic mass is 16.5. The molecule has 5 rings (SSSR count). The number of hydrogen-bond donors (Lipinski definition) is 1. The summed E-state index contributed by atoms with van der Waals surface area (Å²) in [6.07, 6.45) is 8.36. The maximum atomic E-state index is 12.6. The normalized spacial score (nSPS) is 34.4. The lowest BCUT2D eigenvalue weighted by atomic mass is 9.53. The van der Waals surface area contributed by atoms with Crippen molar-refractivity contribution in [2.45, 2.75) is 57.4 Å². The van der Waals surface area contributed by atoms with Gasteiger partial charge in [-0.25, -0.2) is 0 Å². The SMILES string of the molecule is CCOc1ccc(CC(=O)NC23CC4CC(CC(C4)C2)C3)cc1. The molecule has 4 aliphatic rings. The Hall–Kier alpha value is -1.51. The lowest BCUT2D eigenvalue weighted by molar-refractivity contribution is -0.126. The average molecular weight is 313 g/mol. The van der Waals surface area contributed by atoms with E-state index in [1.54, 1.807) is 0 Å². The Labute approximate surface area is 138 Å². The van der Waals surface area contributed by atoms with Crippen LogP contribution < -0.4 is 10.1 Å². The summed E-state index contributed by atoms with van der Waals surface area (Å²) in [5, 5.41) is 3.44. The Morgan fingerprint density at radius 2 is 1.65 bits per heavy atom. The topological polar surface area (TPSA) is 38.3 Å². The van der Waals surface area contributed by atoms with E-state index in [9.17, 15) is 4.79 Å². The van der Waals surface area contributed by atoms with Crippen LogP contribution in [-0.2, 0) is 11.2 Å². The van der Waals surface area contributed by atoms with Crippen LogP contribution in [0.1, 0.15) is 51.0 Å². The number of carbonyl (C=O) groups excluding carboxylic acids is 1. The molecule has 0 unspecified atom stereocenters. The van der Waals surface area contributed by atoms with E-state index < -0.39 is 0 Å². The van der Waals surface area contributed by atoms with Gasteiger partial charge < -0.3 is 10.1 Å². The summed E-state index contributed by atoms with van der Waals surface area (Å²) in [6, 6.07) is 7.92. The van der Waals surface area contributed by atoms with Gasteiger partial charge in [0.1, 0.15) is 5.75 Å². The minimum Gasteiger partial charge on any atom is -0.494 e. The minimum atomic E-state index is 0.122. The van der Waals surface area contributed by atoms with Gasteiger partial charge >= 0.3 is 0 Å². The molecule has 4 bridgehead atoms. The average Bonchev–Trinajstić information content (AvgIpc) is 2.47. The summed E-state index contributed by atoms with van der Waals surface area (Å²) in [6.45, 7) is 2.65. The number of hydrogen-bond acceptors (Lipinski definition) is 2. The number of ether oxygens (including phenoxy) is 1. The Morgan fingerprint density at radius 3 is 2.17 bits per heavy atom. The first-order chi connectivity index (χ1) is 11.1. The van der Waals surface area contributed by atoms with Crippen molar-refractivity contribution < 1.29 is 9.53 Å². The second-order valence-corrected chi connectivity index (χ2v) is 8.00. The molecule has 1 amide bonds. The molecule has 4 saturated carbocycles. The monoisotopic (exact) mass is 313 g/mol. The zero-order chi connectivity index (χ0) is 15.9. The predicted octanol–water partition coefficient (Wildman–Crippen LogP) is 3.71. The van der Waals surface area contributed by atoms with Gasteiger partial charge in [0.25, 0.3) is 0 Å². The van der Waals surface area contributed by atoms with E-state index in [1.165, 1.54) is 38.5 Å². The molecule has 3 heteroatoms. The zero-order valence-electron chi connectivity index (χ0n) is 14.0. The summed E-state index contributed by atoms with van der Waals surface area (Å²) in [5.41, 5.74) is 1.19. The highest BCUT2D eigenvalue weighted by Gasteiger charge is 2.51. The van der Waals surface area contributed by atoms with Crippen LogP contribution in [0.3, 0.4) is 0 Å². The third-order valence-electron chi connectivity index (χ3n) is 6.04. The summed E-state index contributed by atoms with van der Waals surface area (Å²) in [5.74, 6) is 3.67. The van der Waals surface area contributed by atoms with Crippen molar-refractivity contribution >= 4 is 5.91 Å². The van der Waals surface area contributed by atoms with E-state index in [4.69, 9.17) is 4.74 Å². The number of carbonyl (C=O) groups is 1. The van der Waals surface area contributed by atoms with Gasteiger partial charge in [-0.3, -0.25) is 4.79 Å². The number of benzene rings is 1. The largest absolute Gasteiger partial charge is 0.494 e. The van der Waals surface area contributed by atoms with E-state index >= 15 is 0 Å². The maximum Gasteiger partial charge on any atom is 0.224 e. The van der Waals surface area contributed by atoms with E-state index in [1.807, 2.05) is 31.2 Å². The second kappa shape index (κ2) is 5.85. The molecule has 0 aromatic heterocycles. The van der Waals surface area contributed by atoms with Crippen molar-refractivity contribution in [2.75, 3.05) is 6.61 Å². The summed E-state index contributed by atoms with van der Waals surface area (Å²) >= 11 is 0. The number of rotatable bonds is 5. The fraction of sp³-hybridized carbons (Fsp3) is 0.650. The first kappa shape index (κ1) is 15.0. The second-order valence-electron chi connectivity index (χ2n) is 8.00. The number of nitrogens with one attached hydrogen (secondary N) is 1. The van der Waals surface area contributed by atoms with Gasteiger partial charge in [0.05, 0.1) is 13.0 Å². The summed E-state index contributed by atoms with van der Waals surface area (Å²) < 4.78 is 5.46. The quantitative estimate of drug-likeness (QED) is 0.900. The van der Waals surface area contributed by atoms with Crippen LogP contribution in [0.5, 0.6) is 5.75 Å². The molecule has 3 nitrogen and oxygen atoms in total. The van der Waals surface area contributed by atoms with Crippen LogP contribution in [0.2, 0.25) is 0 Å². The molecule has 1 N–H and O–H groups in total. The van der Waals surface area contributed by atoms with Gasteiger partial charge in [-0.2, -0.15) is 0 Å². The van der Waals surface area contributed by atoms with Crippen LogP contribution in [0, 0.1) is 17.8 Å². The van der Waals surface area contributed by atoms with E-state index in [0.717, 1.165) is 29.1 Å². The fourth-order valence-electron chi connectivity index (χ4n) is 5.66. The fourth-order valence-corrected chi connectivity index (χ4v) is 5.66. The van der Waals surface area contributed by atoms with Crippen molar-refractivity contribution in [1.82, 2.24) is 5.32 Å². The maximum absolute atomic E-state index is 12.6. The van der Waals surface area contributed by atoms with Crippen LogP contribution in [0.15, 0.2) is 24.3 Å². The molecule has 23 heavy (non-hydrogen) atoms. The third-order valence-corrected chi connectivity index (χ3v) is 6.04. The van der Waals surface area contributed by atoms with Crippen molar-refractivity contribution in [1.29, 1.82) is 0 Å². The van der Waals surface area contributed by atoms with Crippen molar-refractivity contribution in [3.63, 3.8) is 0 Å². The van der Waals surface area contributed by atoms with Gasteiger partial charge in [0.2, 0.25) is 5.91 Å². The van der Waals surface area contributed by atoms with Crippen LogP contribution in [-0.4, -0.2) is 18.1 Å². The molecule has 124 valence electrons. The van der Waals surface area contributed by atoms with Gasteiger partial charge in [-0.05, 0) is 80.9 Å². The van der Waals surface area contributed by atoms with Gasteiger partial charge in [-0.15, -0.1) is 0 Å². The summed E-state index contributed by atoms with van der Waals surface area (Å²) in [4.78, 5) is 12.6. The first-order valence-corrected chi connectivity index (χ1v) is 9.17. The Balaban J connectivity index is 1.38. The van der Waals surface area contributed by atoms with E-state index in [0.29, 0.717) is 13.0 Å². The van der Waals surface area contributed by atoms with Gasteiger partial charge in [0, 0.05) is 5.54 Å². The molecule has 0 heterocycles. The Bertz CT molecular complexity index is 543. The molecule has 4 fully saturated rings. The molecule has 1 aromatic rings. The molecule has 0 atom stereocenters. The molecule has 4 aliphatic carbocycles. The first-order valence-electron chi connectivity index (χ1n) is 9.17. The Morgan fingerprint density at radius 1 is 1.09 bits per heavy atom. The lowest BCUT2D eigenvalue weighted by Gasteiger charge is -2.56. The molecule has 0 radical (unpaired) electrons. The van der Waals surface area contributed by atoms with E-state index in [2.05, 4.69) is 5.32 Å².